The van der Waals surface area contributed by atoms with Crippen molar-refractivity contribution in [1.82, 2.24) is 0 Å². The summed E-state index contributed by atoms with van der Waals surface area (Å²) in [6, 6.07) is 0. The molecule has 1 rings (SSSR count). The van der Waals surface area contributed by atoms with Crippen molar-refractivity contribution >= 4 is 0 Å². The van der Waals surface area contributed by atoms with Crippen LogP contribution < -0.4 is 0 Å². The highest BCUT2D eigenvalue weighted by atomic mass is 14.1. The van der Waals surface area contributed by atoms with E-state index >= 15 is 0 Å². The van der Waals surface area contributed by atoms with Gasteiger partial charge >= 0.3 is 0 Å². The molecule has 0 aliphatic heterocycles. The van der Waals surface area contributed by atoms with Crippen LogP contribution in [0, 0.1) is 5.92 Å². The van der Waals surface area contributed by atoms with Crippen molar-refractivity contribution in [2.75, 3.05) is 0 Å². The summed E-state index contributed by atoms with van der Waals surface area (Å²) >= 11 is 0. The van der Waals surface area contributed by atoms with E-state index in [4.69, 9.17) is 5.48 Å². The molecule has 0 spiro atoms. The van der Waals surface area contributed by atoms with E-state index in [1.54, 1.807) is 6.92 Å². The van der Waals surface area contributed by atoms with Crippen LogP contribution in [0.4, 0.5) is 0 Å². The van der Waals surface area contributed by atoms with Gasteiger partial charge in [0.25, 0.3) is 0 Å². The van der Waals surface area contributed by atoms with Gasteiger partial charge in [0.1, 0.15) is 0 Å². The van der Waals surface area contributed by atoms with Crippen molar-refractivity contribution in [2.45, 2.75) is 38.9 Å². The van der Waals surface area contributed by atoms with Gasteiger partial charge < -0.3 is 0 Å². The van der Waals surface area contributed by atoms with Crippen LogP contribution >= 0.6 is 0 Å². The van der Waals surface area contributed by atoms with Crippen molar-refractivity contribution in [3.63, 3.8) is 0 Å². The molecule has 0 N–H and O–H groups in total. The van der Waals surface area contributed by atoms with Crippen LogP contribution in [0.3, 0.4) is 0 Å². The summed E-state index contributed by atoms with van der Waals surface area (Å²) in [4.78, 5) is 0. The lowest BCUT2D eigenvalue weighted by Gasteiger charge is -2.15. The standard InChI is InChI=1S/C7H14/c1-7-5-3-2-4-6-7/h7H,2-6H2,1H3/i3D2,5D2. The molecule has 0 aromatic carbocycles. The highest BCUT2D eigenvalue weighted by Crippen LogP contribution is 2.21. The van der Waals surface area contributed by atoms with E-state index in [2.05, 4.69) is 0 Å². The summed E-state index contributed by atoms with van der Waals surface area (Å²) in [5.74, 6) is -0.147. The number of rotatable bonds is 0. The summed E-state index contributed by atoms with van der Waals surface area (Å²) < 4.78 is 30.0. The van der Waals surface area contributed by atoms with Crippen molar-refractivity contribution in [2.24, 2.45) is 5.92 Å². The van der Waals surface area contributed by atoms with Crippen molar-refractivity contribution in [1.29, 1.82) is 0 Å². The molecule has 1 atom stereocenters. The molecule has 0 aromatic heterocycles. The first kappa shape index (κ1) is 2.08. The third-order valence-corrected chi connectivity index (χ3v) is 1.29. The first-order chi connectivity index (χ1) is 4.88. The molecule has 0 bridgehead atoms. The maximum Gasteiger partial charge on any atom is 0.0269 e. The fourth-order valence-corrected chi connectivity index (χ4v) is 0.815. The Morgan fingerprint density at radius 3 is 3.00 bits per heavy atom. The minimum atomic E-state index is -1.63. The molecule has 1 saturated carbocycles. The second-order valence-corrected chi connectivity index (χ2v) is 2.11. The van der Waals surface area contributed by atoms with Gasteiger partial charge in [-0.2, -0.15) is 0 Å². The molecule has 0 saturated heterocycles. The van der Waals surface area contributed by atoms with Crippen LogP contribution in [0.5, 0.6) is 0 Å². The zero-order valence-electron chi connectivity index (χ0n) is 8.70. The molecule has 0 nitrogen and oxygen atoms in total. The summed E-state index contributed by atoms with van der Waals surface area (Å²) in [5, 5.41) is 0. The van der Waals surface area contributed by atoms with E-state index in [1.807, 2.05) is 0 Å². The third kappa shape index (κ3) is 1.50. The van der Waals surface area contributed by atoms with Crippen LogP contribution in [-0.4, -0.2) is 0 Å². The topological polar surface area (TPSA) is 0 Å². The number of hydrogen-bond acceptors (Lipinski definition) is 0. The van der Waals surface area contributed by atoms with Gasteiger partial charge in [-0.3, -0.25) is 0 Å². The van der Waals surface area contributed by atoms with Crippen LogP contribution in [0.1, 0.15) is 44.4 Å². The van der Waals surface area contributed by atoms with Crippen LogP contribution in [0.15, 0.2) is 0 Å². The highest BCUT2D eigenvalue weighted by Gasteiger charge is 2.05. The quantitative estimate of drug-likeness (QED) is 0.441. The van der Waals surface area contributed by atoms with Gasteiger partial charge in [0, 0.05) is 5.48 Å². The Bertz CT molecular complexity index is 153. The Labute approximate surface area is 51.5 Å². The third-order valence-electron chi connectivity index (χ3n) is 1.29. The first-order valence-electron chi connectivity index (χ1n) is 4.88. The molecule has 0 radical (unpaired) electrons. The van der Waals surface area contributed by atoms with E-state index in [-0.39, 0.29) is 5.92 Å². The van der Waals surface area contributed by atoms with Gasteiger partial charge in [0.2, 0.25) is 0 Å². The van der Waals surface area contributed by atoms with Gasteiger partial charge in [-0.1, -0.05) is 38.9 Å². The monoisotopic (exact) mass is 102 g/mol. The maximum absolute atomic E-state index is 7.53. The molecular weight excluding hydrogens is 84.1 g/mol. The molecular formula is C7H14. The fourth-order valence-electron chi connectivity index (χ4n) is 0.815. The van der Waals surface area contributed by atoms with Gasteiger partial charge in [0.15, 0.2) is 0 Å². The summed E-state index contributed by atoms with van der Waals surface area (Å²) in [6.45, 7) is 1.79. The smallest absolute Gasteiger partial charge is 0.0269 e. The minimum absolute atomic E-state index is 0.147. The molecule has 0 aromatic rings. The average molecular weight is 102 g/mol. The Hall–Kier alpha value is 0. The van der Waals surface area contributed by atoms with Crippen LogP contribution in [0.25, 0.3) is 0 Å². The second-order valence-electron chi connectivity index (χ2n) is 2.11. The van der Waals surface area contributed by atoms with E-state index in [0.717, 1.165) is 12.8 Å². The van der Waals surface area contributed by atoms with Gasteiger partial charge in [0.05, 0.1) is 0 Å². The Balaban J connectivity index is 2.82. The van der Waals surface area contributed by atoms with Gasteiger partial charge in [-0.15, -0.1) is 0 Å². The lowest BCUT2D eigenvalue weighted by molar-refractivity contribution is 0.385. The molecule has 0 heteroatoms. The molecule has 7 heavy (non-hydrogen) atoms. The van der Waals surface area contributed by atoms with Crippen LogP contribution in [-0.2, 0) is 0 Å². The van der Waals surface area contributed by atoms with E-state index in [9.17, 15) is 0 Å². The average Bonchev–Trinajstić information content (AvgIpc) is 1.84. The molecule has 1 aliphatic carbocycles. The highest BCUT2D eigenvalue weighted by molar-refractivity contribution is 4.59. The maximum atomic E-state index is 7.53. The predicted octanol–water partition coefficient (Wildman–Crippen LogP) is 2.59. The molecule has 0 heterocycles. The predicted molar refractivity (Wildman–Crippen MR) is 32.2 cm³/mol. The molecule has 0 amide bonds. The Kier molecular flexibility index (Phi) is 0.697. The number of hydrogen-bond donors (Lipinski definition) is 0. The first-order valence-corrected chi connectivity index (χ1v) is 2.88. The molecule has 42 valence electrons. The van der Waals surface area contributed by atoms with E-state index in [0.29, 0.717) is 6.42 Å². The van der Waals surface area contributed by atoms with Gasteiger partial charge in [-0.25, -0.2) is 0 Å². The van der Waals surface area contributed by atoms with Crippen molar-refractivity contribution in [3.8, 4) is 0 Å². The zero-order chi connectivity index (χ0) is 8.70. The summed E-state index contributed by atoms with van der Waals surface area (Å²) in [5.41, 5.74) is 0. The Morgan fingerprint density at radius 2 is 2.43 bits per heavy atom. The van der Waals surface area contributed by atoms with Crippen molar-refractivity contribution in [3.05, 3.63) is 0 Å². The van der Waals surface area contributed by atoms with Crippen molar-refractivity contribution < 1.29 is 5.48 Å². The van der Waals surface area contributed by atoms with E-state index in [1.165, 1.54) is 0 Å². The summed E-state index contributed by atoms with van der Waals surface area (Å²) in [6.07, 6.45) is -1.26. The minimum Gasteiger partial charge on any atom is -0.0625 e. The SMILES string of the molecule is [2H]C1([2H])CCCC(C)C1([2H])[2H]. The molecule has 1 unspecified atom stereocenters. The van der Waals surface area contributed by atoms with Crippen LogP contribution in [0.2, 0.25) is 0 Å². The van der Waals surface area contributed by atoms with Gasteiger partial charge in [-0.05, 0) is 5.92 Å². The molecule has 1 fully saturated rings. The molecule has 1 aliphatic rings. The normalized spacial score (nSPS) is 55.9. The lowest BCUT2D eigenvalue weighted by Crippen LogP contribution is -1.99. The lowest BCUT2D eigenvalue weighted by atomic mass is 9.91. The van der Waals surface area contributed by atoms with E-state index < -0.39 is 12.7 Å². The fraction of sp³-hybridized carbons (Fsp3) is 1.00. The Morgan fingerprint density at radius 1 is 1.57 bits per heavy atom. The summed E-state index contributed by atoms with van der Waals surface area (Å²) in [7, 11) is 0. The second kappa shape index (κ2) is 2.34. The largest absolute Gasteiger partial charge is 0.0625 e. The zero-order valence-corrected chi connectivity index (χ0v) is 4.70.